The van der Waals surface area contributed by atoms with Crippen LogP contribution in [0.3, 0.4) is 0 Å². The third kappa shape index (κ3) is 4.69. The van der Waals surface area contributed by atoms with Gasteiger partial charge in [0.05, 0.1) is 5.69 Å². The molecule has 0 bridgehead atoms. The Morgan fingerprint density at radius 3 is 2.67 bits per heavy atom. The molecule has 0 aliphatic rings. The normalized spacial score (nSPS) is 10.6. The molecular weight excluding hydrogens is 340 g/mol. The first kappa shape index (κ1) is 18.6. The monoisotopic (exact) mass is 364 g/mol. The summed E-state index contributed by atoms with van der Waals surface area (Å²) < 4.78 is 1.58. The summed E-state index contributed by atoms with van der Waals surface area (Å²) in [5.41, 5.74) is 3.65. The van der Waals surface area contributed by atoms with Crippen LogP contribution in [0.25, 0.3) is 5.69 Å². The van der Waals surface area contributed by atoms with Gasteiger partial charge in [0.2, 0.25) is 0 Å². The third-order valence-corrected chi connectivity index (χ3v) is 4.45. The van der Waals surface area contributed by atoms with E-state index in [1.165, 1.54) is 12.0 Å². The summed E-state index contributed by atoms with van der Waals surface area (Å²) in [5, 5.41) is 14.2. The van der Waals surface area contributed by atoms with Crippen molar-refractivity contribution in [2.75, 3.05) is 24.5 Å². The minimum atomic E-state index is -0.0656. The van der Waals surface area contributed by atoms with Crippen LogP contribution in [0.15, 0.2) is 54.9 Å². The zero-order valence-electron chi connectivity index (χ0n) is 15.7. The van der Waals surface area contributed by atoms with E-state index >= 15 is 0 Å². The summed E-state index contributed by atoms with van der Waals surface area (Å²) >= 11 is 0. The van der Waals surface area contributed by atoms with Gasteiger partial charge in [-0.05, 0) is 66.6 Å². The van der Waals surface area contributed by atoms with Crippen molar-refractivity contribution in [3.63, 3.8) is 0 Å². The number of nitrogens with zero attached hydrogens (tertiary/aromatic N) is 5. The maximum Gasteiger partial charge on any atom is 0.251 e. The van der Waals surface area contributed by atoms with Gasteiger partial charge in [0.15, 0.2) is 0 Å². The lowest BCUT2D eigenvalue weighted by Gasteiger charge is -2.23. The van der Waals surface area contributed by atoms with Gasteiger partial charge in [-0.1, -0.05) is 18.2 Å². The number of hydrogen-bond acceptors (Lipinski definition) is 5. The Morgan fingerprint density at radius 2 is 2.00 bits per heavy atom. The summed E-state index contributed by atoms with van der Waals surface area (Å²) in [7, 11) is 0. The number of para-hydroxylation sites is 1. The van der Waals surface area contributed by atoms with Crippen molar-refractivity contribution >= 4 is 11.6 Å². The lowest BCUT2D eigenvalue weighted by molar-refractivity contribution is 0.0953. The zero-order chi connectivity index (χ0) is 19.1. The number of carbonyl (C=O) groups is 1. The maximum atomic E-state index is 12.4. The van der Waals surface area contributed by atoms with Crippen molar-refractivity contribution < 1.29 is 4.79 Å². The van der Waals surface area contributed by atoms with E-state index in [0.717, 1.165) is 30.8 Å². The van der Waals surface area contributed by atoms with Gasteiger partial charge in [-0.25, -0.2) is 4.68 Å². The van der Waals surface area contributed by atoms with Crippen molar-refractivity contribution in [3.05, 3.63) is 66.0 Å². The molecule has 7 heteroatoms. The lowest BCUT2D eigenvalue weighted by Crippen LogP contribution is -2.30. The number of aryl methyl sites for hydroxylation is 1. The quantitative estimate of drug-likeness (QED) is 0.622. The Balaban J connectivity index is 1.51. The smallest absolute Gasteiger partial charge is 0.251 e. The Labute approximate surface area is 159 Å². The number of nitrogens with one attached hydrogen (secondary N) is 1. The van der Waals surface area contributed by atoms with Crippen molar-refractivity contribution in [1.29, 1.82) is 0 Å². The standard InChI is InChI=1S/C20H24N6O/c1-3-25(18-8-5-4-6-9-18)13-7-12-21-20(27)17-10-11-19(16(2)14-17)26-15-22-23-24-26/h4-6,8-11,14-15H,3,7,12-13H2,1-2H3,(H,21,27). The van der Waals surface area contributed by atoms with Crippen molar-refractivity contribution in [2.24, 2.45) is 0 Å². The largest absolute Gasteiger partial charge is 0.372 e. The van der Waals surface area contributed by atoms with Crippen LogP contribution in [-0.2, 0) is 0 Å². The fraction of sp³-hybridized carbons (Fsp3) is 0.300. The van der Waals surface area contributed by atoms with Crippen LogP contribution in [0.1, 0.15) is 29.3 Å². The second kappa shape index (κ2) is 8.93. The maximum absolute atomic E-state index is 12.4. The van der Waals surface area contributed by atoms with Crippen LogP contribution in [0.5, 0.6) is 0 Å². The van der Waals surface area contributed by atoms with Crippen LogP contribution in [0.2, 0.25) is 0 Å². The third-order valence-electron chi connectivity index (χ3n) is 4.45. The van der Waals surface area contributed by atoms with E-state index in [2.05, 4.69) is 44.8 Å². The first-order chi connectivity index (χ1) is 13.2. The molecule has 1 heterocycles. The van der Waals surface area contributed by atoms with E-state index < -0.39 is 0 Å². The molecule has 0 radical (unpaired) electrons. The molecule has 0 unspecified atom stereocenters. The molecule has 3 rings (SSSR count). The fourth-order valence-electron chi connectivity index (χ4n) is 3.01. The van der Waals surface area contributed by atoms with Gasteiger partial charge >= 0.3 is 0 Å². The minimum absolute atomic E-state index is 0.0656. The van der Waals surface area contributed by atoms with E-state index in [1.54, 1.807) is 10.7 Å². The van der Waals surface area contributed by atoms with Crippen LogP contribution in [0, 0.1) is 6.92 Å². The number of benzene rings is 2. The molecule has 3 aromatic rings. The topological polar surface area (TPSA) is 75.9 Å². The fourth-order valence-corrected chi connectivity index (χ4v) is 3.01. The highest BCUT2D eigenvalue weighted by atomic mass is 16.1. The van der Waals surface area contributed by atoms with Crippen molar-refractivity contribution in [3.8, 4) is 5.69 Å². The van der Waals surface area contributed by atoms with E-state index in [-0.39, 0.29) is 5.91 Å². The SMILES string of the molecule is CCN(CCCNC(=O)c1ccc(-n2cnnn2)c(C)c1)c1ccccc1. The molecule has 0 aliphatic heterocycles. The molecule has 7 nitrogen and oxygen atoms in total. The Morgan fingerprint density at radius 1 is 1.19 bits per heavy atom. The summed E-state index contributed by atoms with van der Waals surface area (Å²) in [4.78, 5) is 14.7. The molecule has 0 saturated carbocycles. The van der Waals surface area contributed by atoms with Crippen molar-refractivity contribution in [2.45, 2.75) is 20.3 Å². The molecule has 0 atom stereocenters. The number of carbonyl (C=O) groups excluding carboxylic acids is 1. The van der Waals surface area contributed by atoms with E-state index in [4.69, 9.17) is 0 Å². The second-order valence-corrected chi connectivity index (χ2v) is 6.28. The molecule has 1 amide bonds. The molecule has 0 fully saturated rings. The van der Waals surface area contributed by atoms with E-state index in [9.17, 15) is 4.79 Å². The van der Waals surface area contributed by atoms with E-state index in [1.807, 2.05) is 37.3 Å². The number of rotatable bonds is 8. The molecule has 1 aromatic heterocycles. The second-order valence-electron chi connectivity index (χ2n) is 6.28. The number of tetrazole rings is 1. The summed E-state index contributed by atoms with van der Waals surface area (Å²) in [6, 6.07) is 15.8. The van der Waals surface area contributed by atoms with Crippen LogP contribution >= 0.6 is 0 Å². The van der Waals surface area contributed by atoms with Crippen LogP contribution < -0.4 is 10.2 Å². The molecule has 1 N–H and O–H groups in total. The molecule has 0 aliphatic carbocycles. The summed E-state index contributed by atoms with van der Waals surface area (Å²) in [6.45, 7) is 6.55. The number of aromatic nitrogens is 4. The minimum Gasteiger partial charge on any atom is -0.372 e. The van der Waals surface area contributed by atoms with Gasteiger partial charge in [-0.2, -0.15) is 0 Å². The van der Waals surface area contributed by atoms with Gasteiger partial charge in [-0.15, -0.1) is 5.10 Å². The average molecular weight is 364 g/mol. The summed E-state index contributed by atoms with van der Waals surface area (Å²) in [5.74, 6) is -0.0656. The zero-order valence-corrected chi connectivity index (χ0v) is 15.7. The first-order valence-corrected chi connectivity index (χ1v) is 9.11. The average Bonchev–Trinajstić information content (AvgIpc) is 3.23. The Hall–Kier alpha value is -3.22. The van der Waals surface area contributed by atoms with Gasteiger partial charge in [-0.3, -0.25) is 4.79 Å². The number of hydrogen-bond donors (Lipinski definition) is 1. The molecule has 27 heavy (non-hydrogen) atoms. The highest BCUT2D eigenvalue weighted by Crippen LogP contribution is 2.15. The molecular formula is C20H24N6O. The first-order valence-electron chi connectivity index (χ1n) is 9.11. The molecule has 2 aromatic carbocycles. The van der Waals surface area contributed by atoms with Gasteiger partial charge in [0.1, 0.15) is 6.33 Å². The molecule has 140 valence electrons. The highest BCUT2D eigenvalue weighted by Gasteiger charge is 2.10. The Bertz CT molecular complexity index is 863. The number of anilines is 1. The highest BCUT2D eigenvalue weighted by molar-refractivity contribution is 5.94. The van der Waals surface area contributed by atoms with Crippen molar-refractivity contribution in [1.82, 2.24) is 25.5 Å². The lowest BCUT2D eigenvalue weighted by atomic mass is 10.1. The van der Waals surface area contributed by atoms with Crippen LogP contribution in [-0.4, -0.2) is 45.7 Å². The molecule has 0 spiro atoms. The van der Waals surface area contributed by atoms with Crippen LogP contribution in [0.4, 0.5) is 5.69 Å². The predicted molar refractivity (Wildman–Crippen MR) is 105 cm³/mol. The van der Waals surface area contributed by atoms with Gasteiger partial charge in [0, 0.05) is 30.9 Å². The summed E-state index contributed by atoms with van der Waals surface area (Å²) in [6.07, 6.45) is 2.42. The van der Waals surface area contributed by atoms with Gasteiger partial charge < -0.3 is 10.2 Å². The van der Waals surface area contributed by atoms with E-state index in [0.29, 0.717) is 12.1 Å². The molecule has 0 saturated heterocycles. The number of amides is 1. The predicted octanol–water partition coefficient (Wildman–Crippen LogP) is 2.62. The Kier molecular flexibility index (Phi) is 6.14. The van der Waals surface area contributed by atoms with Gasteiger partial charge in [0.25, 0.3) is 5.91 Å².